The van der Waals surface area contributed by atoms with E-state index in [4.69, 9.17) is 0 Å². The maximum Gasteiger partial charge on any atom is 0.236 e. The zero-order valence-corrected chi connectivity index (χ0v) is 18.2. The Kier molecular flexibility index (Phi) is 6.13. The molecule has 0 unspecified atom stereocenters. The summed E-state index contributed by atoms with van der Waals surface area (Å²) in [4.78, 5) is 22.0. The molecule has 31 heavy (non-hydrogen) atoms. The molecule has 1 saturated carbocycles. The molecule has 0 atom stereocenters. The molecular formula is C24H32N6O. The Bertz CT molecular complexity index is 853. The Hall–Kier alpha value is -2.51. The van der Waals surface area contributed by atoms with Crippen molar-refractivity contribution in [1.29, 1.82) is 0 Å². The maximum atomic E-state index is 12.8. The highest BCUT2D eigenvalue weighted by Crippen LogP contribution is 2.25. The molecule has 1 amide bonds. The molecule has 5 rings (SSSR count). The number of aromatic nitrogens is 2. The van der Waals surface area contributed by atoms with Gasteiger partial charge in [-0.15, -0.1) is 10.2 Å². The van der Waals surface area contributed by atoms with Crippen molar-refractivity contribution in [2.75, 3.05) is 63.8 Å². The molecule has 3 fully saturated rings. The summed E-state index contributed by atoms with van der Waals surface area (Å²) < 4.78 is 0. The predicted octanol–water partition coefficient (Wildman–Crippen LogP) is 1.96. The van der Waals surface area contributed by atoms with E-state index in [2.05, 4.69) is 35.9 Å². The molecule has 164 valence electrons. The Labute approximate surface area is 184 Å². The van der Waals surface area contributed by atoms with Gasteiger partial charge in [0.25, 0.3) is 0 Å². The number of hydrogen-bond donors (Lipinski definition) is 0. The Morgan fingerprint density at radius 1 is 0.839 bits per heavy atom. The van der Waals surface area contributed by atoms with Gasteiger partial charge in [-0.3, -0.25) is 14.6 Å². The van der Waals surface area contributed by atoms with Gasteiger partial charge >= 0.3 is 0 Å². The van der Waals surface area contributed by atoms with Crippen LogP contribution in [0.25, 0.3) is 11.3 Å². The normalized spacial score (nSPS) is 21.2. The van der Waals surface area contributed by atoms with E-state index in [1.54, 1.807) is 0 Å². The van der Waals surface area contributed by atoms with Gasteiger partial charge in [-0.25, -0.2) is 0 Å². The fraction of sp³-hybridized carbons (Fsp3) is 0.542. The summed E-state index contributed by atoms with van der Waals surface area (Å²) in [6, 6.07) is 15.0. The van der Waals surface area contributed by atoms with Crippen LogP contribution in [0.5, 0.6) is 0 Å². The van der Waals surface area contributed by atoms with Crippen molar-refractivity contribution in [3.8, 4) is 11.3 Å². The van der Waals surface area contributed by atoms with E-state index in [1.807, 2.05) is 36.4 Å². The average Bonchev–Trinajstić information content (AvgIpc) is 2.80. The quantitative estimate of drug-likeness (QED) is 0.737. The summed E-state index contributed by atoms with van der Waals surface area (Å²) in [7, 11) is 0. The van der Waals surface area contributed by atoms with Gasteiger partial charge in [0.2, 0.25) is 5.91 Å². The first-order valence-electron chi connectivity index (χ1n) is 11.6. The highest BCUT2D eigenvalue weighted by Gasteiger charge is 2.30. The van der Waals surface area contributed by atoms with Crippen LogP contribution in [-0.4, -0.2) is 95.7 Å². The monoisotopic (exact) mass is 420 g/mol. The molecule has 0 radical (unpaired) electrons. The fourth-order valence-electron chi connectivity index (χ4n) is 4.77. The van der Waals surface area contributed by atoms with Crippen molar-refractivity contribution >= 4 is 11.7 Å². The van der Waals surface area contributed by atoms with Crippen LogP contribution in [0.15, 0.2) is 42.5 Å². The van der Waals surface area contributed by atoms with Crippen molar-refractivity contribution in [1.82, 2.24) is 24.9 Å². The highest BCUT2D eigenvalue weighted by atomic mass is 16.2. The molecule has 7 nitrogen and oxygen atoms in total. The summed E-state index contributed by atoms with van der Waals surface area (Å²) in [5.41, 5.74) is 1.98. The predicted molar refractivity (Wildman–Crippen MR) is 122 cm³/mol. The number of benzene rings is 1. The first-order chi connectivity index (χ1) is 15.3. The molecule has 1 aromatic carbocycles. The van der Waals surface area contributed by atoms with Crippen molar-refractivity contribution in [2.24, 2.45) is 0 Å². The van der Waals surface area contributed by atoms with Gasteiger partial charge in [-0.2, -0.15) is 0 Å². The second-order valence-electron chi connectivity index (χ2n) is 8.91. The zero-order valence-electron chi connectivity index (χ0n) is 18.2. The number of amides is 1. The number of rotatable bonds is 5. The van der Waals surface area contributed by atoms with E-state index in [1.165, 1.54) is 19.3 Å². The minimum atomic E-state index is 0.286. The number of piperazine rings is 2. The van der Waals surface area contributed by atoms with Gasteiger partial charge < -0.3 is 9.80 Å². The van der Waals surface area contributed by atoms with E-state index in [0.29, 0.717) is 6.54 Å². The summed E-state index contributed by atoms with van der Waals surface area (Å²) in [5, 5.41) is 8.86. The lowest BCUT2D eigenvalue weighted by Gasteiger charge is -2.43. The van der Waals surface area contributed by atoms with Gasteiger partial charge in [0, 0.05) is 64.0 Å². The number of nitrogens with zero attached hydrogens (tertiary/aromatic N) is 6. The lowest BCUT2D eigenvalue weighted by atomic mass is 9.91. The number of anilines is 1. The third-order valence-corrected chi connectivity index (χ3v) is 7.03. The van der Waals surface area contributed by atoms with Gasteiger partial charge in [0.15, 0.2) is 5.82 Å². The molecule has 2 aromatic rings. The van der Waals surface area contributed by atoms with Crippen LogP contribution in [0.1, 0.15) is 19.3 Å². The van der Waals surface area contributed by atoms with Crippen LogP contribution >= 0.6 is 0 Å². The van der Waals surface area contributed by atoms with E-state index in [9.17, 15) is 4.79 Å². The van der Waals surface area contributed by atoms with Crippen LogP contribution in [0.3, 0.4) is 0 Å². The molecule has 2 saturated heterocycles. The van der Waals surface area contributed by atoms with Crippen LogP contribution < -0.4 is 4.90 Å². The van der Waals surface area contributed by atoms with E-state index < -0.39 is 0 Å². The minimum absolute atomic E-state index is 0.286. The number of carbonyl (C=O) groups excluding carboxylic acids is 1. The highest BCUT2D eigenvalue weighted by molar-refractivity contribution is 5.78. The lowest BCUT2D eigenvalue weighted by Crippen LogP contribution is -2.56. The van der Waals surface area contributed by atoms with Gasteiger partial charge in [0.1, 0.15) is 0 Å². The molecule has 7 heteroatoms. The van der Waals surface area contributed by atoms with Crippen LogP contribution in [0, 0.1) is 0 Å². The Morgan fingerprint density at radius 3 is 2.19 bits per heavy atom. The number of hydrogen-bond acceptors (Lipinski definition) is 6. The number of carbonyl (C=O) groups is 1. The minimum Gasteiger partial charge on any atom is -0.353 e. The summed E-state index contributed by atoms with van der Waals surface area (Å²) >= 11 is 0. The first-order valence-corrected chi connectivity index (χ1v) is 11.6. The smallest absolute Gasteiger partial charge is 0.236 e. The van der Waals surface area contributed by atoms with Crippen LogP contribution in [-0.2, 0) is 4.79 Å². The van der Waals surface area contributed by atoms with Crippen molar-refractivity contribution in [3.63, 3.8) is 0 Å². The molecule has 2 aliphatic heterocycles. The summed E-state index contributed by atoms with van der Waals surface area (Å²) in [6.45, 7) is 7.92. The molecule has 1 aliphatic carbocycles. The van der Waals surface area contributed by atoms with Crippen LogP contribution in [0.2, 0.25) is 0 Å². The third-order valence-electron chi connectivity index (χ3n) is 7.03. The standard InChI is InChI=1S/C24H32N6O/c31-24(30-17-15-28(16-18-30)21-7-4-8-21)19-27-11-13-29(14-12-27)23-10-9-22(25-26-23)20-5-2-1-3-6-20/h1-3,5-6,9-10,21H,4,7-8,11-19H2. The van der Waals surface area contributed by atoms with Crippen molar-refractivity contribution in [2.45, 2.75) is 25.3 Å². The molecule has 3 heterocycles. The van der Waals surface area contributed by atoms with Crippen molar-refractivity contribution in [3.05, 3.63) is 42.5 Å². The van der Waals surface area contributed by atoms with Crippen molar-refractivity contribution < 1.29 is 4.79 Å². The molecule has 3 aliphatic rings. The molecule has 1 aromatic heterocycles. The topological polar surface area (TPSA) is 55.8 Å². The van der Waals surface area contributed by atoms with Gasteiger partial charge in [0.05, 0.1) is 12.2 Å². The van der Waals surface area contributed by atoms with E-state index >= 15 is 0 Å². The Morgan fingerprint density at radius 2 is 1.58 bits per heavy atom. The SMILES string of the molecule is O=C(CN1CCN(c2ccc(-c3ccccc3)nn2)CC1)N1CCN(C2CCC2)CC1. The van der Waals surface area contributed by atoms with Gasteiger partial charge in [-0.1, -0.05) is 36.8 Å². The lowest BCUT2D eigenvalue weighted by molar-refractivity contribution is -0.134. The molecule has 0 spiro atoms. The molecular weight excluding hydrogens is 388 g/mol. The summed E-state index contributed by atoms with van der Waals surface area (Å²) in [5.74, 6) is 1.20. The second-order valence-corrected chi connectivity index (χ2v) is 8.91. The summed E-state index contributed by atoms with van der Waals surface area (Å²) in [6.07, 6.45) is 4.06. The average molecular weight is 421 g/mol. The van der Waals surface area contributed by atoms with E-state index in [-0.39, 0.29) is 5.91 Å². The molecule has 0 bridgehead atoms. The largest absolute Gasteiger partial charge is 0.353 e. The van der Waals surface area contributed by atoms with E-state index in [0.717, 1.165) is 75.5 Å². The third kappa shape index (κ3) is 4.72. The fourth-order valence-corrected chi connectivity index (χ4v) is 4.77. The van der Waals surface area contributed by atoms with Gasteiger partial charge in [-0.05, 0) is 25.0 Å². The second kappa shape index (κ2) is 9.32. The maximum absolute atomic E-state index is 12.8. The first kappa shape index (κ1) is 20.4. The Balaban J connectivity index is 1.08. The molecule has 0 N–H and O–H groups in total. The zero-order chi connectivity index (χ0) is 21.0. The van der Waals surface area contributed by atoms with Crippen LogP contribution in [0.4, 0.5) is 5.82 Å².